The minimum Gasteiger partial charge on any atom is -0.106 e. The van der Waals surface area contributed by atoms with Crippen molar-refractivity contribution in [2.75, 3.05) is 0 Å². The predicted octanol–water partition coefficient (Wildman–Crippen LogP) is 5.27. The molecule has 0 aliphatic heterocycles. The molecule has 7 rings (SSSR count). The van der Waals surface area contributed by atoms with E-state index in [-0.39, 0.29) is 0 Å². The van der Waals surface area contributed by atoms with Gasteiger partial charge in [0.1, 0.15) is 0 Å². The maximum Gasteiger partial charge on any atom is 0.171 e. The van der Waals surface area contributed by atoms with Gasteiger partial charge in [0, 0.05) is 0 Å². The first kappa shape index (κ1) is 33.9. The van der Waals surface area contributed by atoms with Gasteiger partial charge in [0.05, 0.1) is 0 Å². The number of hydrogen-bond acceptors (Lipinski definition) is 0. The van der Waals surface area contributed by atoms with Crippen LogP contribution >= 0.6 is 0 Å². The van der Waals surface area contributed by atoms with Crippen molar-refractivity contribution in [2.45, 2.75) is 0 Å². The molecule has 0 saturated carbocycles. The average Bonchev–Trinajstić information content (AvgIpc) is 3.22. The van der Waals surface area contributed by atoms with Gasteiger partial charge in [-0.1, -0.05) is 217 Å². The molecule has 0 atom stereocenters. The summed E-state index contributed by atoms with van der Waals surface area (Å²) in [6.45, 7) is 14.0. The Morgan fingerprint density at radius 2 is 0.510 bits per heavy atom. The monoisotopic (exact) mass is 702 g/mol. The van der Waals surface area contributed by atoms with Gasteiger partial charge in [0.2, 0.25) is 0 Å². The third kappa shape index (κ3) is 5.70. The van der Waals surface area contributed by atoms with E-state index in [0.29, 0.717) is 0 Å². The second-order valence-corrected chi connectivity index (χ2v) is 24.2. The van der Waals surface area contributed by atoms with E-state index in [9.17, 15) is 0 Å². The number of benzene rings is 7. The standard InChI is InChI=1S/C48H42Si3/c1-4-49(40-25-13-7-14-26-40,41-27-15-8-16-28-41)46-37-38-47(50(5-2,42-29-17-9-18-30-42)43-31-19-10-20-32-43)48(39-46)51(6-3,44-33-21-11-22-34-44)45-35-23-12-24-36-45/h4-39H,1-3H2. The van der Waals surface area contributed by atoms with E-state index in [1.807, 2.05) is 0 Å². The summed E-state index contributed by atoms with van der Waals surface area (Å²) in [6, 6.07) is 73.8. The summed E-state index contributed by atoms with van der Waals surface area (Å²) in [4.78, 5) is 0. The molecule has 0 saturated heterocycles. The average molecular weight is 703 g/mol. The van der Waals surface area contributed by atoms with Gasteiger partial charge < -0.3 is 0 Å². The van der Waals surface area contributed by atoms with Gasteiger partial charge in [-0.3, -0.25) is 0 Å². The van der Waals surface area contributed by atoms with Gasteiger partial charge >= 0.3 is 0 Å². The topological polar surface area (TPSA) is 0 Å². The SMILES string of the molecule is C=C[Si](c1ccccc1)(c1ccccc1)c1ccc([Si](C=C)(c2ccccc2)c2ccccc2)c([Si](C=C)(c2ccccc2)c2ccccc2)c1. The molecule has 0 spiro atoms. The van der Waals surface area contributed by atoms with Gasteiger partial charge in [-0.15, -0.1) is 19.7 Å². The summed E-state index contributed by atoms with van der Waals surface area (Å²) in [5, 5.41) is 11.9. The molecule has 3 heteroatoms. The molecule has 0 aromatic heterocycles. The normalized spacial score (nSPS) is 11.8. The Morgan fingerprint density at radius 1 is 0.255 bits per heavy atom. The highest BCUT2D eigenvalue weighted by Gasteiger charge is 2.47. The van der Waals surface area contributed by atoms with Crippen LogP contribution in [0.15, 0.2) is 237 Å². The highest BCUT2D eigenvalue weighted by atomic mass is 28.3. The summed E-state index contributed by atoms with van der Waals surface area (Å²) in [7, 11) is -8.50. The zero-order chi connectivity index (χ0) is 35.2. The summed E-state index contributed by atoms with van der Waals surface area (Å²) in [5.74, 6) is 0. The molecule has 51 heavy (non-hydrogen) atoms. The van der Waals surface area contributed by atoms with Crippen molar-refractivity contribution in [3.8, 4) is 0 Å². The lowest BCUT2D eigenvalue weighted by Crippen LogP contribution is -2.78. The summed E-state index contributed by atoms with van der Waals surface area (Å²) < 4.78 is 0. The molecular formula is C48H42Si3. The fourth-order valence-electron chi connectivity index (χ4n) is 8.17. The maximum atomic E-state index is 4.73. The van der Waals surface area contributed by atoms with Crippen LogP contribution in [0.3, 0.4) is 0 Å². The predicted molar refractivity (Wildman–Crippen MR) is 230 cm³/mol. The maximum absolute atomic E-state index is 4.73. The van der Waals surface area contributed by atoms with Crippen molar-refractivity contribution in [3.63, 3.8) is 0 Å². The Balaban J connectivity index is 1.69. The van der Waals surface area contributed by atoms with Crippen LogP contribution in [0.5, 0.6) is 0 Å². The van der Waals surface area contributed by atoms with Crippen molar-refractivity contribution in [1.29, 1.82) is 0 Å². The molecule has 7 aromatic rings. The van der Waals surface area contributed by atoms with E-state index in [0.717, 1.165) is 0 Å². The van der Waals surface area contributed by atoms with E-state index in [1.165, 1.54) is 46.7 Å². The zero-order valence-electron chi connectivity index (χ0n) is 28.9. The highest BCUT2D eigenvalue weighted by molar-refractivity contribution is 7.23. The third-order valence-corrected chi connectivity index (χ3v) is 23.9. The van der Waals surface area contributed by atoms with Crippen LogP contribution in [0, 0.1) is 0 Å². The van der Waals surface area contributed by atoms with Gasteiger partial charge in [0.15, 0.2) is 24.2 Å². The summed E-state index contributed by atoms with van der Waals surface area (Å²) >= 11 is 0. The molecular weight excluding hydrogens is 661 g/mol. The first-order valence-electron chi connectivity index (χ1n) is 17.5. The second-order valence-electron chi connectivity index (χ2n) is 13.0. The van der Waals surface area contributed by atoms with E-state index in [1.54, 1.807) is 0 Å². The Morgan fingerprint density at radius 3 is 0.784 bits per heavy atom. The lowest BCUT2D eigenvalue weighted by atomic mass is 10.3. The van der Waals surface area contributed by atoms with Crippen LogP contribution in [-0.2, 0) is 0 Å². The Bertz CT molecular complexity index is 2110. The molecule has 246 valence electrons. The van der Waals surface area contributed by atoms with E-state index in [2.05, 4.69) is 230 Å². The minimum atomic E-state index is -2.92. The fraction of sp³-hybridized carbons (Fsp3) is 0. The first-order chi connectivity index (χ1) is 25.1. The van der Waals surface area contributed by atoms with E-state index < -0.39 is 24.2 Å². The van der Waals surface area contributed by atoms with Gasteiger partial charge in [-0.25, -0.2) is 0 Å². The molecule has 0 fully saturated rings. The molecule has 0 heterocycles. The van der Waals surface area contributed by atoms with Crippen LogP contribution in [0.2, 0.25) is 0 Å². The molecule has 0 nitrogen and oxygen atoms in total. The van der Waals surface area contributed by atoms with Crippen molar-refractivity contribution in [3.05, 3.63) is 237 Å². The molecule has 0 radical (unpaired) electrons. The lowest BCUT2D eigenvalue weighted by molar-refractivity contribution is 1.67. The van der Waals surface area contributed by atoms with Crippen LogP contribution in [-0.4, -0.2) is 24.2 Å². The van der Waals surface area contributed by atoms with Crippen molar-refractivity contribution in [1.82, 2.24) is 0 Å². The summed E-state index contributed by atoms with van der Waals surface area (Å²) in [5.41, 5.74) is 6.87. The van der Waals surface area contributed by atoms with Gasteiger partial charge in [-0.2, -0.15) is 0 Å². The van der Waals surface area contributed by atoms with Gasteiger partial charge in [-0.05, 0) is 46.7 Å². The van der Waals surface area contributed by atoms with Crippen LogP contribution < -0.4 is 46.7 Å². The Kier molecular flexibility index (Phi) is 9.78. The first-order valence-corrected chi connectivity index (χ1v) is 23.8. The van der Waals surface area contributed by atoms with E-state index >= 15 is 0 Å². The van der Waals surface area contributed by atoms with Crippen LogP contribution in [0.1, 0.15) is 0 Å². The molecule has 0 N–H and O–H groups in total. The Hall–Kier alpha value is -5.59. The molecule has 0 amide bonds. The molecule has 0 aliphatic carbocycles. The van der Waals surface area contributed by atoms with Crippen molar-refractivity contribution in [2.24, 2.45) is 0 Å². The number of rotatable bonds is 12. The largest absolute Gasteiger partial charge is 0.171 e. The number of hydrogen-bond donors (Lipinski definition) is 0. The molecule has 0 unspecified atom stereocenters. The lowest BCUT2D eigenvalue weighted by Gasteiger charge is -2.40. The fourth-order valence-corrected chi connectivity index (χ4v) is 21.3. The van der Waals surface area contributed by atoms with Crippen molar-refractivity contribution < 1.29 is 0 Å². The third-order valence-electron chi connectivity index (χ3n) is 10.6. The van der Waals surface area contributed by atoms with Crippen LogP contribution in [0.4, 0.5) is 0 Å². The van der Waals surface area contributed by atoms with Crippen molar-refractivity contribution >= 4 is 70.9 Å². The highest BCUT2D eigenvalue weighted by Crippen LogP contribution is 2.16. The Labute approximate surface area is 306 Å². The minimum absolute atomic E-state index is 1.31. The smallest absolute Gasteiger partial charge is 0.106 e. The summed E-state index contributed by atoms with van der Waals surface area (Å²) in [6.07, 6.45) is 0. The van der Waals surface area contributed by atoms with Crippen LogP contribution in [0.25, 0.3) is 0 Å². The quantitative estimate of drug-likeness (QED) is 0.120. The zero-order valence-corrected chi connectivity index (χ0v) is 31.9. The molecule has 0 aliphatic rings. The molecule has 0 bridgehead atoms. The van der Waals surface area contributed by atoms with E-state index in [4.69, 9.17) is 6.58 Å². The second kappa shape index (κ2) is 14.7. The molecule has 7 aromatic carbocycles. The van der Waals surface area contributed by atoms with Gasteiger partial charge in [0.25, 0.3) is 0 Å².